The van der Waals surface area contributed by atoms with E-state index in [2.05, 4.69) is 0 Å². The molecule has 3 heterocycles. The van der Waals surface area contributed by atoms with E-state index in [0.717, 1.165) is 33.6 Å². The van der Waals surface area contributed by atoms with Crippen LogP contribution in [0.1, 0.15) is 105 Å². The number of phenolic OH excluding ortho intramolecular Hbond substituents is 1. The highest BCUT2D eigenvalue weighted by molar-refractivity contribution is 6.10. The van der Waals surface area contributed by atoms with Gasteiger partial charge in [0.2, 0.25) is 0 Å². The molecule has 0 aromatic heterocycles. The Morgan fingerprint density at radius 1 is 0.535 bits per heavy atom. The van der Waals surface area contributed by atoms with Crippen LogP contribution in [0, 0.1) is 6.92 Å². The number of ether oxygens (including phenoxy) is 6. The number of aliphatic carboxylic acids is 2. The molecule has 1 aliphatic carbocycles. The number of rotatable bonds is 19. The number of nitrogens with zero attached hydrogens (tertiary/aromatic N) is 4. The molecular weight excluding hydrogens is 1280 g/mol. The maximum absolute atomic E-state index is 14.1. The van der Waals surface area contributed by atoms with Crippen molar-refractivity contribution in [2.24, 2.45) is 0 Å². The number of fused-ring (bicyclic) bond motifs is 8. The van der Waals surface area contributed by atoms with Gasteiger partial charge in [-0.3, -0.25) is 33.6 Å². The van der Waals surface area contributed by atoms with Gasteiger partial charge in [-0.15, -0.1) is 0 Å². The predicted molar refractivity (Wildman–Crippen MR) is 363 cm³/mol. The Kier molecular flexibility index (Phi) is 19.7. The van der Waals surface area contributed by atoms with E-state index in [0.29, 0.717) is 66.6 Å². The van der Waals surface area contributed by atoms with Crippen LogP contribution in [0.4, 0.5) is 22.7 Å². The van der Waals surface area contributed by atoms with Crippen molar-refractivity contribution in [3.05, 3.63) is 212 Å². The summed E-state index contributed by atoms with van der Waals surface area (Å²) in [6, 6.07) is 43.3. The van der Waals surface area contributed by atoms with Crippen molar-refractivity contribution in [3.8, 4) is 45.4 Å². The first-order valence-corrected chi connectivity index (χ1v) is 30.9. The third-order valence-electron chi connectivity index (χ3n) is 15.9. The summed E-state index contributed by atoms with van der Waals surface area (Å²) in [5.74, 6) is -5.97. The zero-order valence-electron chi connectivity index (χ0n) is 55.7. The minimum Gasteiger partial charge on any atom is -0.508 e. The molecule has 11 rings (SSSR count). The number of carbonyl (C=O) groups is 8. The number of benzene rings is 8. The van der Waals surface area contributed by atoms with Gasteiger partial charge in [0.15, 0.2) is 17.8 Å². The summed E-state index contributed by atoms with van der Waals surface area (Å²) in [5, 5.41) is 38.7. The van der Waals surface area contributed by atoms with Gasteiger partial charge < -0.3 is 72.9 Å². The van der Waals surface area contributed by atoms with E-state index in [1.54, 1.807) is 103 Å². The normalized spacial score (nSPS) is 13.5. The molecule has 510 valence electrons. The molecule has 4 aliphatic rings. The molecule has 24 heteroatoms. The quantitative estimate of drug-likeness (QED) is 0.0253. The van der Waals surface area contributed by atoms with Gasteiger partial charge in [0, 0.05) is 106 Å². The lowest BCUT2D eigenvalue weighted by atomic mass is 9.77. The standard InChI is InChI=1S/C43H46N2O10.C32H24N2O10/c1-26-10-17-33-35(20-26)52-36-22-29(44(8)28-12-15-30(16-13-28)51-25-50-9)14-19-34(36)43(33)32-18-11-27(21-31(32)40(49)55-43)39(48)45(23-37(46)53-41(2,3)4)24-38(47)54-42(5,6)7;1-33(18-3-6-20(35)7-4-18)19-5-10-23-26(13-19)44-27-14-21(36)8-11-24(27)30(23)22-9-2-17(12-25(22)32(42)43)31(41)34(15-28(37)38)16-29(39)40/h10-22H,23-25H2,1-9H3;2-14,35H,15-16H2,1H3,(H,37,38)(H,39,40)(H,42,43). The zero-order valence-corrected chi connectivity index (χ0v) is 55.7. The first-order chi connectivity index (χ1) is 46.8. The van der Waals surface area contributed by atoms with Gasteiger partial charge in [-0.1, -0.05) is 24.3 Å². The van der Waals surface area contributed by atoms with Crippen molar-refractivity contribution in [3.63, 3.8) is 0 Å². The number of hydrogen-bond donors (Lipinski definition) is 4. The largest absolute Gasteiger partial charge is 0.508 e. The van der Waals surface area contributed by atoms with Crippen LogP contribution >= 0.6 is 0 Å². The van der Waals surface area contributed by atoms with Gasteiger partial charge in [-0.2, -0.15) is 0 Å². The van der Waals surface area contributed by atoms with Gasteiger partial charge in [0.1, 0.15) is 71.7 Å². The van der Waals surface area contributed by atoms with E-state index >= 15 is 0 Å². The number of phenols is 1. The molecule has 99 heavy (non-hydrogen) atoms. The lowest BCUT2D eigenvalue weighted by Gasteiger charge is -2.37. The van der Waals surface area contributed by atoms with Gasteiger partial charge in [-0.05, 0) is 175 Å². The van der Waals surface area contributed by atoms with Gasteiger partial charge in [0.05, 0.1) is 11.1 Å². The Morgan fingerprint density at radius 2 is 1.05 bits per heavy atom. The number of aromatic hydroxyl groups is 1. The fourth-order valence-electron chi connectivity index (χ4n) is 11.6. The third-order valence-corrected chi connectivity index (χ3v) is 15.9. The molecule has 0 radical (unpaired) electrons. The summed E-state index contributed by atoms with van der Waals surface area (Å²) >= 11 is 0. The van der Waals surface area contributed by atoms with E-state index in [9.17, 15) is 53.4 Å². The Balaban J connectivity index is 0.000000220. The Labute approximate surface area is 567 Å². The molecule has 2 amide bonds. The SMILES string of the molecule is CN(c1ccc(O)cc1)c1ccc2c(-c3ccc(C(=O)N(CC(=O)O)CC(=O)O)cc3C(=O)O)c3ccc(=O)cc-3oc2c1.COCOc1ccc(N(C)c2ccc3c(c2)Oc2cc(C)ccc2C32OC(=O)c3cc(C(=O)N(CC(=O)OC(C)(C)C)CC(=O)OC(C)(C)C)ccc32)cc1. The van der Waals surface area contributed by atoms with Crippen molar-refractivity contribution in [1.82, 2.24) is 9.80 Å². The molecule has 1 spiro atoms. The average molecular weight is 1350 g/mol. The molecule has 0 fully saturated rings. The number of carboxylic acid groups (broad SMARTS) is 3. The van der Waals surface area contributed by atoms with Crippen molar-refractivity contribution < 1.29 is 91.6 Å². The number of methoxy groups -OCH3 is 1. The second-order valence-corrected chi connectivity index (χ2v) is 25.5. The summed E-state index contributed by atoms with van der Waals surface area (Å²) in [6.07, 6.45) is 0. The molecule has 0 bridgehead atoms. The Morgan fingerprint density at radius 3 is 1.64 bits per heavy atom. The average Bonchev–Trinajstić information content (AvgIpc) is 1.60. The van der Waals surface area contributed by atoms with Crippen molar-refractivity contribution >= 4 is 81.3 Å². The monoisotopic (exact) mass is 1350 g/mol. The summed E-state index contributed by atoms with van der Waals surface area (Å²) in [4.78, 5) is 120. The topological polar surface area (TPSA) is 316 Å². The minimum absolute atomic E-state index is 0.0758. The summed E-state index contributed by atoms with van der Waals surface area (Å²) in [5.41, 5.74) is 3.53. The molecule has 1 atom stereocenters. The van der Waals surface area contributed by atoms with Crippen LogP contribution in [-0.2, 0) is 43.7 Å². The number of aryl methyl sites for hydroxylation is 1. The highest BCUT2D eigenvalue weighted by Gasteiger charge is 2.54. The van der Waals surface area contributed by atoms with Crippen molar-refractivity contribution in [2.75, 3.05) is 64.0 Å². The van der Waals surface area contributed by atoms with Gasteiger partial charge in [-0.25, -0.2) is 9.59 Å². The van der Waals surface area contributed by atoms with E-state index in [-0.39, 0.29) is 51.5 Å². The zero-order chi connectivity index (χ0) is 71.6. The highest BCUT2D eigenvalue weighted by Crippen LogP contribution is 2.57. The maximum atomic E-state index is 14.1. The summed E-state index contributed by atoms with van der Waals surface area (Å²) in [7, 11) is 5.30. The van der Waals surface area contributed by atoms with Gasteiger partial charge >= 0.3 is 35.8 Å². The molecule has 7 aromatic rings. The van der Waals surface area contributed by atoms with Crippen LogP contribution in [0.15, 0.2) is 167 Å². The van der Waals surface area contributed by atoms with Crippen LogP contribution in [0.2, 0.25) is 0 Å². The molecule has 3 aliphatic heterocycles. The number of carbonyl (C=O) groups excluding carboxylic acids is 5. The molecule has 24 nitrogen and oxygen atoms in total. The summed E-state index contributed by atoms with van der Waals surface area (Å²) in [6.45, 7) is 9.51. The minimum atomic E-state index is -1.44. The molecular formula is C75H70N4O20. The fraction of sp³-hybridized carbons (Fsp3) is 0.240. The lowest BCUT2D eigenvalue weighted by molar-refractivity contribution is -0.159. The number of carboxylic acids is 3. The van der Waals surface area contributed by atoms with Gasteiger partial charge in [0.25, 0.3) is 11.8 Å². The summed E-state index contributed by atoms with van der Waals surface area (Å²) < 4.78 is 40.5. The molecule has 4 N–H and O–H groups in total. The maximum Gasteiger partial charge on any atom is 0.340 e. The number of anilines is 4. The van der Waals surface area contributed by atoms with Crippen LogP contribution in [-0.4, -0.2) is 143 Å². The number of amides is 2. The fourth-order valence-corrected chi connectivity index (χ4v) is 11.6. The van der Waals surface area contributed by atoms with Crippen LogP contribution < -0.4 is 24.7 Å². The second kappa shape index (κ2) is 28.0. The number of esters is 3. The predicted octanol–water partition coefficient (Wildman–Crippen LogP) is 11.8. The first kappa shape index (κ1) is 69.8. The van der Waals surface area contributed by atoms with Crippen LogP contribution in [0.25, 0.3) is 33.4 Å². The van der Waals surface area contributed by atoms with Crippen molar-refractivity contribution in [1.29, 1.82) is 0 Å². The van der Waals surface area contributed by atoms with E-state index in [1.165, 1.54) is 36.4 Å². The van der Waals surface area contributed by atoms with Crippen LogP contribution in [0.5, 0.6) is 23.0 Å². The van der Waals surface area contributed by atoms with E-state index < -0.39 is 90.6 Å². The number of hydrogen-bond acceptors (Lipinski definition) is 19. The molecule has 1 unspecified atom stereocenters. The lowest BCUT2D eigenvalue weighted by Crippen LogP contribution is -2.43. The van der Waals surface area contributed by atoms with Crippen LogP contribution in [0.3, 0.4) is 0 Å². The first-order valence-electron chi connectivity index (χ1n) is 30.9. The second-order valence-electron chi connectivity index (χ2n) is 25.5. The molecule has 7 aromatic carbocycles. The van der Waals surface area contributed by atoms with E-state index in [4.69, 9.17) is 43.1 Å². The van der Waals surface area contributed by atoms with Crippen molar-refractivity contribution in [2.45, 2.75) is 65.3 Å². The Hall–Kier alpha value is -12.1. The smallest absolute Gasteiger partial charge is 0.340 e. The number of aromatic carboxylic acids is 1. The highest BCUT2D eigenvalue weighted by atomic mass is 16.7. The molecule has 0 saturated carbocycles. The Bertz CT molecular complexity index is 4680. The third kappa shape index (κ3) is 15.3. The van der Waals surface area contributed by atoms with E-state index in [1.807, 2.05) is 91.5 Å². The molecule has 0 saturated heterocycles.